The molecule has 67 heavy (non-hydrogen) atoms. The Hall–Kier alpha value is -6.61. The number of hydrogen-bond acceptors (Lipinski definition) is 9. The third-order valence-corrected chi connectivity index (χ3v) is 13.1. The van der Waals surface area contributed by atoms with Crippen molar-refractivity contribution in [3.63, 3.8) is 0 Å². The van der Waals surface area contributed by atoms with Crippen LogP contribution in [0.25, 0.3) is 10.8 Å². The van der Waals surface area contributed by atoms with Crippen LogP contribution < -0.4 is 16.0 Å². The van der Waals surface area contributed by atoms with E-state index in [1.807, 2.05) is 6.92 Å². The maximum absolute atomic E-state index is 13.1. The Kier molecular flexibility index (Phi) is 16.1. The van der Waals surface area contributed by atoms with Crippen LogP contribution in [0.2, 0.25) is 0 Å². The first kappa shape index (κ1) is 48.3. The van der Waals surface area contributed by atoms with Gasteiger partial charge < -0.3 is 30.2 Å². The summed E-state index contributed by atoms with van der Waals surface area (Å²) in [5, 5.41) is 13.4. The first-order chi connectivity index (χ1) is 32.3. The van der Waals surface area contributed by atoms with Gasteiger partial charge in [-0.2, -0.15) is 0 Å². The Morgan fingerprint density at radius 1 is 0.612 bits per heavy atom. The first-order valence-corrected chi connectivity index (χ1v) is 24.0. The first-order valence-electron chi connectivity index (χ1n) is 24.0. The van der Waals surface area contributed by atoms with Gasteiger partial charge in [-0.3, -0.25) is 14.4 Å². The number of carbonyl (C=O) groups is 3. The molecule has 3 unspecified atom stereocenters. The third-order valence-electron chi connectivity index (χ3n) is 13.1. The minimum absolute atomic E-state index is 0.0102. The highest BCUT2D eigenvalue weighted by Crippen LogP contribution is 2.41. The molecule has 9 nitrogen and oxygen atoms in total. The summed E-state index contributed by atoms with van der Waals surface area (Å²) in [5.74, 6) is -1.57. The zero-order valence-electron chi connectivity index (χ0n) is 40.5. The van der Waals surface area contributed by atoms with Crippen LogP contribution >= 0.6 is 0 Å². The molecular formula is C58H67N3O6. The van der Waals surface area contributed by atoms with Crippen LogP contribution in [0, 0.1) is 47.5 Å². The summed E-state index contributed by atoms with van der Waals surface area (Å²) in [4.78, 5) is 37.4. The van der Waals surface area contributed by atoms with E-state index in [9.17, 15) is 14.4 Å². The molecule has 0 spiro atoms. The van der Waals surface area contributed by atoms with Gasteiger partial charge in [-0.1, -0.05) is 110 Å². The molecule has 1 aliphatic carbocycles. The van der Waals surface area contributed by atoms with Gasteiger partial charge in [-0.25, -0.2) is 0 Å². The number of carbonyl (C=O) groups excluding carboxylic acids is 3. The lowest BCUT2D eigenvalue weighted by atomic mass is 9.82. The second-order valence-electron chi connectivity index (χ2n) is 18.5. The average Bonchev–Trinajstić information content (AvgIpc) is 3.31. The van der Waals surface area contributed by atoms with Gasteiger partial charge >= 0.3 is 17.9 Å². The van der Waals surface area contributed by atoms with Crippen LogP contribution in [0.5, 0.6) is 0 Å². The van der Waals surface area contributed by atoms with Crippen LogP contribution in [0.3, 0.4) is 0 Å². The molecule has 0 bridgehead atoms. The zero-order chi connectivity index (χ0) is 47.6. The number of fused-ring (bicyclic) bond motifs is 1. The molecule has 350 valence electrons. The van der Waals surface area contributed by atoms with Gasteiger partial charge in [0.1, 0.15) is 19.3 Å². The molecule has 3 atom stereocenters. The SMILES string of the molecule is CCC(C)C(=O)OCCOC(=O)CCC(=O)OC1CCCCC1Nc1ccc(C(c2ccc(Nc3c(C)cc(C)cc3C)cc2)c2ccc(Nc3c(C)cc(C)cc3C)cc2)c2ccccc12. The molecule has 1 fully saturated rings. The van der Waals surface area contributed by atoms with E-state index >= 15 is 0 Å². The molecular weight excluding hydrogens is 835 g/mol. The van der Waals surface area contributed by atoms with E-state index in [4.69, 9.17) is 14.2 Å². The fourth-order valence-corrected chi connectivity index (χ4v) is 9.53. The molecule has 0 aliphatic heterocycles. The van der Waals surface area contributed by atoms with Gasteiger partial charge in [0.25, 0.3) is 0 Å². The van der Waals surface area contributed by atoms with Crippen LogP contribution in [-0.2, 0) is 28.6 Å². The highest BCUT2D eigenvalue weighted by Gasteiger charge is 2.30. The number of rotatable bonds is 18. The van der Waals surface area contributed by atoms with Crippen molar-refractivity contribution in [1.29, 1.82) is 0 Å². The molecule has 9 heteroatoms. The predicted octanol–water partition coefficient (Wildman–Crippen LogP) is 13.5. The van der Waals surface area contributed by atoms with Gasteiger partial charge in [-0.05, 0) is 142 Å². The number of nitrogens with one attached hydrogen (secondary N) is 3. The highest BCUT2D eigenvalue weighted by atomic mass is 16.6. The molecule has 0 aromatic heterocycles. The maximum atomic E-state index is 13.1. The Labute approximate surface area is 397 Å². The lowest BCUT2D eigenvalue weighted by Gasteiger charge is -2.33. The predicted molar refractivity (Wildman–Crippen MR) is 272 cm³/mol. The number of hydrogen-bond donors (Lipinski definition) is 3. The van der Waals surface area contributed by atoms with E-state index in [-0.39, 0.29) is 56.0 Å². The summed E-state index contributed by atoms with van der Waals surface area (Å²) in [6.07, 6.45) is 3.68. The standard InChI is InChI=1S/C58H67N3O6/c1-9-38(4)58(64)66-31-30-65-53(62)28-29-54(63)67-52-17-13-12-16-51(52)61-50-27-26-49(47-14-10-11-15-48(47)50)55(43-18-22-45(23-19-43)59-56-39(5)32-36(2)33-40(56)6)44-20-24-46(25-21-44)60-57-41(7)34-37(3)35-42(57)8/h10-11,14-15,18-27,32-35,38,51-52,55,59-61H,9,12-13,16-17,28-31H2,1-8H3. The van der Waals surface area contributed by atoms with Crippen molar-refractivity contribution in [3.05, 3.63) is 159 Å². The monoisotopic (exact) mass is 902 g/mol. The molecule has 6 aromatic rings. The maximum Gasteiger partial charge on any atom is 0.308 e. The molecule has 0 amide bonds. The Balaban J connectivity index is 1.12. The summed E-state index contributed by atoms with van der Waals surface area (Å²) < 4.78 is 16.4. The van der Waals surface area contributed by atoms with E-state index in [1.165, 1.54) is 50.1 Å². The minimum atomic E-state index is -0.528. The smallest absolute Gasteiger partial charge is 0.308 e. The van der Waals surface area contributed by atoms with Gasteiger partial charge in [0.15, 0.2) is 0 Å². The van der Waals surface area contributed by atoms with Crippen LogP contribution in [0.4, 0.5) is 28.4 Å². The van der Waals surface area contributed by atoms with Crippen molar-refractivity contribution >= 4 is 57.1 Å². The fraction of sp³-hybridized carbons (Fsp3) is 0.362. The van der Waals surface area contributed by atoms with Gasteiger partial charge in [0, 0.05) is 39.7 Å². The average molecular weight is 902 g/mol. The highest BCUT2D eigenvalue weighted by molar-refractivity contribution is 5.97. The molecule has 0 heterocycles. The van der Waals surface area contributed by atoms with E-state index in [2.05, 4.69) is 167 Å². The van der Waals surface area contributed by atoms with Crippen molar-refractivity contribution in [2.24, 2.45) is 5.92 Å². The second-order valence-corrected chi connectivity index (χ2v) is 18.5. The largest absolute Gasteiger partial charge is 0.462 e. The number of anilines is 5. The summed E-state index contributed by atoms with van der Waals surface area (Å²) in [5.41, 5.74) is 16.2. The fourth-order valence-electron chi connectivity index (χ4n) is 9.53. The Bertz CT molecular complexity index is 2540. The molecule has 7 rings (SSSR count). The minimum Gasteiger partial charge on any atom is -0.462 e. The van der Waals surface area contributed by atoms with Crippen LogP contribution in [-0.4, -0.2) is 43.3 Å². The molecule has 0 saturated heterocycles. The summed E-state index contributed by atoms with van der Waals surface area (Å²) >= 11 is 0. The number of aryl methyl sites for hydroxylation is 6. The van der Waals surface area contributed by atoms with E-state index in [0.717, 1.165) is 64.9 Å². The zero-order valence-corrected chi connectivity index (χ0v) is 40.5. The summed E-state index contributed by atoms with van der Waals surface area (Å²) in [6.45, 7) is 16.5. The number of ether oxygens (including phenoxy) is 3. The quantitative estimate of drug-likeness (QED) is 0.0336. The van der Waals surface area contributed by atoms with Crippen molar-refractivity contribution in [3.8, 4) is 0 Å². The van der Waals surface area contributed by atoms with E-state index in [0.29, 0.717) is 6.42 Å². The van der Waals surface area contributed by atoms with Crippen LogP contribution in [0.15, 0.2) is 109 Å². The Morgan fingerprint density at radius 3 is 1.67 bits per heavy atom. The number of esters is 3. The molecule has 1 aliphatic rings. The van der Waals surface area contributed by atoms with Crippen molar-refractivity contribution in [1.82, 2.24) is 0 Å². The van der Waals surface area contributed by atoms with Gasteiger partial charge in [0.2, 0.25) is 0 Å². The normalized spacial score (nSPS) is 15.2. The summed E-state index contributed by atoms with van der Waals surface area (Å²) in [7, 11) is 0. The van der Waals surface area contributed by atoms with Crippen molar-refractivity contribution in [2.45, 2.75) is 118 Å². The topological polar surface area (TPSA) is 115 Å². The van der Waals surface area contributed by atoms with Gasteiger partial charge in [-0.15, -0.1) is 0 Å². The molecule has 1 saturated carbocycles. The lowest BCUT2D eigenvalue weighted by molar-refractivity contribution is -0.157. The second kappa shape index (κ2) is 22.3. The van der Waals surface area contributed by atoms with Crippen LogP contribution in [0.1, 0.15) is 115 Å². The Morgan fingerprint density at radius 2 is 1.12 bits per heavy atom. The van der Waals surface area contributed by atoms with E-state index in [1.54, 1.807) is 6.92 Å². The molecule has 0 radical (unpaired) electrons. The summed E-state index contributed by atoms with van der Waals surface area (Å²) in [6, 6.07) is 39.4. The van der Waals surface area contributed by atoms with E-state index < -0.39 is 11.9 Å². The van der Waals surface area contributed by atoms with Crippen molar-refractivity contribution in [2.75, 3.05) is 29.2 Å². The van der Waals surface area contributed by atoms with Crippen molar-refractivity contribution < 1.29 is 28.6 Å². The molecule has 3 N–H and O–H groups in total. The van der Waals surface area contributed by atoms with Gasteiger partial charge in [0.05, 0.1) is 24.8 Å². The molecule has 6 aromatic carbocycles. The number of benzene rings is 6. The lowest BCUT2D eigenvalue weighted by Crippen LogP contribution is -2.39. The third kappa shape index (κ3) is 12.2.